The van der Waals surface area contributed by atoms with Gasteiger partial charge in [-0.3, -0.25) is 10.1 Å². The van der Waals surface area contributed by atoms with Gasteiger partial charge in [-0.1, -0.05) is 20.8 Å². The van der Waals surface area contributed by atoms with E-state index in [1.807, 2.05) is 7.05 Å². The molecule has 0 radical (unpaired) electrons. The number of hydrogen-bond acceptors (Lipinski definition) is 6. The first kappa shape index (κ1) is 15.3. The van der Waals surface area contributed by atoms with Crippen LogP contribution >= 0.6 is 0 Å². The molecule has 0 saturated carbocycles. The highest BCUT2D eigenvalue weighted by molar-refractivity contribution is 5.45. The summed E-state index contributed by atoms with van der Waals surface area (Å²) < 4.78 is 4.93. The summed E-state index contributed by atoms with van der Waals surface area (Å²) in [7, 11) is 3.19. The minimum absolute atomic E-state index is 0.00115. The quantitative estimate of drug-likeness (QED) is 0.644. The highest BCUT2D eigenvalue weighted by Gasteiger charge is 2.30. The van der Waals surface area contributed by atoms with E-state index in [1.165, 1.54) is 13.4 Å². The van der Waals surface area contributed by atoms with Gasteiger partial charge in [0.05, 0.1) is 12.0 Å². The minimum Gasteiger partial charge on any atom is -0.476 e. The molecule has 0 spiro atoms. The largest absolute Gasteiger partial charge is 0.476 e. The maximum absolute atomic E-state index is 11.1. The zero-order valence-corrected chi connectivity index (χ0v) is 11.9. The van der Waals surface area contributed by atoms with E-state index in [9.17, 15) is 10.1 Å². The van der Waals surface area contributed by atoms with Crippen molar-refractivity contribution in [1.29, 1.82) is 0 Å². The first-order valence-corrected chi connectivity index (χ1v) is 6.00. The molecular formula is C12H20N4O3. The molecule has 0 amide bonds. The Hall–Kier alpha value is -1.76. The average molecular weight is 268 g/mol. The number of ether oxygens (including phenoxy) is 1. The number of methoxy groups -OCH3 is 1. The monoisotopic (exact) mass is 268 g/mol. The van der Waals surface area contributed by atoms with Crippen molar-refractivity contribution in [3.8, 4) is 5.88 Å². The lowest BCUT2D eigenvalue weighted by Gasteiger charge is -2.30. The molecule has 19 heavy (non-hydrogen) atoms. The molecular weight excluding hydrogens is 248 g/mol. The van der Waals surface area contributed by atoms with Gasteiger partial charge in [0, 0.05) is 12.5 Å². The van der Waals surface area contributed by atoms with E-state index >= 15 is 0 Å². The van der Waals surface area contributed by atoms with Crippen LogP contribution in [-0.2, 0) is 6.42 Å². The summed E-state index contributed by atoms with van der Waals surface area (Å²) in [5, 5.41) is 14.3. The third-order valence-corrected chi connectivity index (χ3v) is 3.03. The molecule has 0 aliphatic carbocycles. The first-order chi connectivity index (χ1) is 8.81. The zero-order valence-electron chi connectivity index (χ0n) is 11.9. The van der Waals surface area contributed by atoms with Crippen molar-refractivity contribution < 1.29 is 9.66 Å². The Labute approximate surface area is 112 Å². The molecule has 1 N–H and O–H groups in total. The van der Waals surface area contributed by atoms with Gasteiger partial charge in [0.2, 0.25) is 0 Å². The molecule has 7 nitrogen and oxygen atoms in total. The molecule has 1 unspecified atom stereocenters. The van der Waals surface area contributed by atoms with Crippen LogP contribution in [0, 0.1) is 15.5 Å². The van der Waals surface area contributed by atoms with Crippen molar-refractivity contribution in [3.05, 3.63) is 22.1 Å². The molecule has 7 heteroatoms. The highest BCUT2D eigenvalue weighted by atomic mass is 16.6. The lowest BCUT2D eigenvalue weighted by Crippen LogP contribution is -2.40. The van der Waals surface area contributed by atoms with E-state index in [2.05, 4.69) is 36.1 Å². The molecule has 1 heterocycles. The van der Waals surface area contributed by atoms with Gasteiger partial charge in [0.25, 0.3) is 5.88 Å². The van der Waals surface area contributed by atoms with Crippen molar-refractivity contribution in [2.75, 3.05) is 14.2 Å². The highest BCUT2D eigenvalue weighted by Crippen LogP contribution is 2.30. The summed E-state index contributed by atoms with van der Waals surface area (Å²) in [6, 6.07) is 0.0609. The molecule has 1 aromatic heterocycles. The molecule has 0 aromatic carbocycles. The second-order valence-electron chi connectivity index (χ2n) is 5.35. The fourth-order valence-electron chi connectivity index (χ4n) is 1.91. The zero-order chi connectivity index (χ0) is 14.6. The number of hydrogen-bond donors (Lipinski definition) is 1. The van der Waals surface area contributed by atoms with E-state index in [0.717, 1.165) is 0 Å². The van der Waals surface area contributed by atoms with E-state index < -0.39 is 4.92 Å². The van der Waals surface area contributed by atoms with Crippen LogP contribution in [-0.4, -0.2) is 35.1 Å². The van der Waals surface area contributed by atoms with Crippen LogP contribution in [0.3, 0.4) is 0 Å². The smallest absolute Gasteiger partial charge is 0.352 e. The summed E-state index contributed by atoms with van der Waals surface area (Å²) in [4.78, 5) is 18.5. The third kappa shape index (κ3) is 3.60. The van der Waals surface area contributed by atoms with E-state index in [-0.39, 0.29) is 23.0 Å². The standard InChI is InChI=1S/C12H20N4O3/c1-12(2,3)9(13-4)6-8-10(16(17)18)11(19-5)15-7-14-8/h7,9,13H,6H2,1-5H3. The molecule has 0 bridgehead atoms. The number of likely N-dealkylation sites (N-methyl/N-ethyl adjacent to an activating group) is 1. The molecule has 0 aliphatic rings. The summed E-state index contributed by atoms with van der Waals surface area (Å²) in [6.07, 6.45) is 1.73. The predicted octanol–water partition coefficient (Wildman–Crippen LogP) is 1.57. The molecule has 0 fully saturated rings. The van der Waals surface area contributed by atoms with Crippen molar-refractivity contribution in [1.82, 2.24) is 15.3 Å². The van der Waals surface area contributed by atoms with Crippen LogP contribution in [0.1, 0.15) is 26.5 Å². The van der Waals surface area contributed by atoms with Gasteiger partial charge in [-0.2, -0.15) is 4.98 Å². The van der Waals surface area contributed by atoms with Gasteiger partial charge in [0.1, 0.15) is 12.0 Å². The Kier molecular flexibility index (Phi) is 4.77. The molecule has 0 saturated heterocycles. The average Bonchev–Trinajstić information content (AvgIpc) is 2.33. The van der Waals surface area contributed by atoms with Crippen LogP contribution in [0.5, 0.6) is 5.88 Å². The summed E-state index contributed by atoms with van der Waals surface area (Å²) in [5.41, 5.74) is 0.182. The maximum Gasteiger partial charge on any atom is 0.352 e. The topological polar surface area (TPSA) is 90.2 Å². The van der Waals surface area contributed by atoms with Gasteiger partial charge in [-0.25, -0.2) is 4.98 Å². The Bertz CT molecular complexity index is 457. The summed E-state index contributed by atoms with van der Waals surface area (Å²) in [5.74, 6) is -0.00115. The van der Waals surface area contributed by atoms with Crippen molar-refractivity contribution >= 4 is 5.69 Å². The van der Waals surface area contributed by atoms with Crippen LogP contribution in [0.15, 0.2) is 6.33 Å². The summed E-state index contributed by atoms with van der Waals surface area (Å²) >= 11 is 0. The minimum atomic E-state index is -0.496. The normalized spacial score (nSPS) is 13.1. The first-order valence-electron chi connectivity index (χ1n) is 6.00. The van der Waals surface area contributed by atoms with Crippen LogP contribution in [0.2, 0.25) is 0 Å². The van der Waals surface area contributed by atoms with Gasteiger partial charge < -0.3 is 10.1 Å². The van der Waals surface area contributed by atoms with Crippen LogP contribution < -0.4 is 10.1 Å². The number of aromatic nitrogens is 2. The predicted molar refractivity (Wildman–Crippen MR) is 71.2 cm³/mol. The number of nitrogens with zero attached hydrogens (tertiary/aromatic N) is 3. The van der Waals surface area contributed by atoms with Crippen molar-refractivity contribution in [3.63, 3.8) is 0 Å². The van der Waals surface area contributed by atoms with Gasteiger partial charge in [-0.05, 0) is 12.5 Å². The Morgan fingerprint density at radius 2 is 2.11 bits per heavy atom. The molecule has 0 aliphatic heterocycles. The number of nitro groups is 1. The second kappa shape index (κ2) is 5.92. The van der Waals surface area contributed by atoms with Gasteiger partial charge in [0.15, 0.2) is 0 Å². The van der Waals surface area contributed by atoms with E-state index in [0.29, 0.717) is 12.1 Å². The van der Waals surface area contributed by atoms with E-state index in [4.69, 9.17) is 4.74 Å². The van der Waals surface area contributed by atoms with Gasteiger partial charge >= 0.3 is 5.69 Å². The second-order valence-corrected chi connectivity index (χ2v) is 5.35. The van der Waals surface area contributed by atoms with Crippen molar-refractivity contribution in [2.45, 2.75) is 33.2 Å². The van der Waals surface area contributed by atoms with Crippen LogP contribution in [0.4, 0.5) is 5.69 Å². The summed E-state index contributed by atoms with van der Waals surface area (Å²) in [6.45, 7) is 6.20. The third-order valence-electron chi connectivity index (χ3n) is 3.03. The van der Waals surface area contributed by atoms with E-state index in [1.54, 1.807) is 0 Å². The Morgan fingerprint density at radius 3 is 2.53 bits per heavy atom. The Balaban J connectivity index is 3.17. The molecule has 106 valence electrons. The maximum atomic E-state index is 11.1. The van der Waals surface area contributed by atoms with Crippen molar-refractivity contribution in [2.24, 2.45) is 5.41 Å². The Morgan fingerprint density at radius 1 is 1.47 bits per heavy atom. The SMILES string of the molecule is CNC(Cc1ncnc(OC)c1[N+](=O)[O-])C(C)(C)C. The molecule has 1 rings (SSSR count). The number of rotatable bonds is 5. The lowest BCUT2D eigenvalue weighted by molar-refractivity contribution is -0.387. The lowest BCUT2D eigenvalue weighted by atomic mass is 9.84. The fourth-order valence-corrected chi connectivity index (χ4v) is 1.91. The molecule has 1 aromatic rings. The van der Waals surface area contributed by atoms with Gasteiger partial charge in [-0.15, -0.1) is 0 Å². The fraction of sp³-hybridized carbons (Fsp3) is 0.667. The van der Waals surface area contributed by atoms with Crippen LogP contribution in [0.25, 0.3) is 0 Å². The number of nitrogens with one attached hydrogen (secondary N) is 1. The molecule has 1 atom stereocenters.